The summed E-state index contributed by atoms with van der Waals surface area (Å²) in [6.07, 6.45) is 7.33. The quantitative estimate of drug-likeness (QED) is 0.433. The Morgan fingerprint density at radius 3 is 2.77 bits per heavy atom. The molecule has 0 saturated heterocycles. The fourth-order valence-electron chi connectivity index (χ4n) is 2.91. The SMILES string of the molecule is Cn1ccnc1SCc1cccc(C(=O)NCc2cnn(-c3ccc(Cl)cc3)c2)c1. The number of nitrogens with one attached hydrogen (secondary N) is 1. The molecule has 2 aromatic carbocycles. The van der Waals surface area contributed by atoms with Gasteiger partial charge in [-0.05, 0) is 42.0 Å². The third kappa shape index (κ3) is 4.93. The number of imidazole rings is 1. The smallest absolute Gasteiger partial charge is 0.251 e. The third-order valence-corrected chi connectivity index (χ3v) is 5.90. The van der Waals surface area contributed by atoms with Crippen molar-refractivity contribution in [3.63, 3.8) is 0 Å². The number of nitrogens with zero attached hydrogens (tertiary/aromatic N) is 4. The van der Waals surface area contributed by atoms with E-state index in [0.717, 1.165) is 27.7 Å². The Labute approximate surface area is 183 Å². The normalized spacial score (nSPS) is 10.9. The van der Waals surface area contributed by atoms with Crippen molar-refractivity contribution in [3.8, 4) is 5.69 Å². The van der Waals surface area contributed by atoms with Crippen LogP contribution >= 0.6 is 23.4 Å². The van der Waals surface area contributed by atoms with Gasteiger partial charge in [0.15, 0.2) is 5.16 Å². The molecule has 152 valence electrons. The van der Waals surface area contributed by atoms with Crippen LogP contribution in [0.4, 0.5) is 0 Å². The maximum absolute atomic E-state index is 12.6. The number of carbonyl (C=O) groups excluding carboxylic acids is 1. The van der Waals surface area contributed by atoms with Crippen LogP contribution < -0.4 is 5.32 Å². The van der Waals surface area contributed by atoms with Crippen molar-refractivity contribution < 1.29 is 4.79 Å². The van der Waals surface area contributed by atoms with Gasteiger partial charge in [0.2, 0.25) is 0 Å². The van der Waals surface area contributed by atoms with Gasteiger partial charge in [0.05, 0.1) is 11.9 Å². The van der Waals surface area contributed by atoms with Gasteiger partial charge in [-0.25, -0.2) is 9.67 Å². The van der Waals surface area contributed by atoms with Gasteiger partial charge in [-0.3, -0.25) is 4.79 Å². The highest BCUT2D eigenvalue weighted by atomic mass is 35.5. The second-order valence-electron chi connectivity index (χ2n) is 6.76. The zero-order valence-corrected chi connectivity index (χ0v) is 17.9. The summed E-state index contributed by atoms with van der Waals surface area (Å²) in [7, 11) is 1.97. The molecule has 0 bridgehead atoms. The number of hydrogen-bond donors (Lipinski definition) is 1. The molecular formula is C22H20ClN5OS. The number of aryl methyl sites for hydroxylation is 1. The Morgan fingerprint density at radius 1 is 1.17 bits per heavy atom. The lowest BCUT2D eigenvalue weighted by Crippen LogP contribution is -2.22. The molecule has 1 amide bonds. The number of benzene rings is 2. The molecule has 0 aliphatic carbocycles. The number of hydrogen-bond acceptors (Lipinski definition) is 4. The summed E-state index contributed by atoms with van der Waals surface area (Å²) in [6, 6.07) is 15.1. The topological polar surface area (TPSA) is 64.7 Å². The maximum atomic E-state index is 12.6. The first-order chi connectivity index (χ1) is 14.6. The van der Waals surface area contributed by atoms with Crippen LogP contribution in [-0.4, -0.2) is 25.2 Å². The average molecular weight is 438 g/mol. The van der Waals surface area contributed by atoms with E-state index in [0.29, 0.717) is 17.1 Å². The molecule has 2 heterocycles. The van der Waals surface area contributed by atoms with Gasteiger partial charge in [0.25, 0.3) is 5.91 Å². The van der Waals surface area contributed by atoms with Crippen molar-refractivity contribution in [1.82, 2.24) is 24.6 Å². The molecular weight excluding hydrogens is 418 g/mol. The first-order valence-electron chi connectivity index (χ1n) is 9.35. The van der Waals surface area contributed by atoms with Gasteiger partial charge < -0.3 is 9.88 Å². The van der Waals surface area contributed by atoms with E-state index in [1.807, 2.05) is 72.5 Å². The summed E-state index contributed by atoms with van der Waals surface area (Å²) in [5.74, 6) is 0.637. The molecule has 0 aliphatic heterocycles. The van der Waals surface area contributed by atoms with Gasteiger partial charge in [-0.2, -0.15) is 5.10 Å². The van der Waals surface area contributed by atoms with E-state index in [9.17, 15) is 4.79 Å². The zero-order valence-electron chi connectivity index (χ0n) is 16.3. The van der Waals surface area contributed by atoms with E-state index >= 15 is 0 Å². The van der Waals surface area contributed by atoms with Crippen LogP contribution in [0.5, 0.6) is 0 Å². The van der Waals surface area contributed by atoms with E-state index in [1.165, 1.54) is 0 Å². The van der Waals surface area contributed by atoms with Crippen molar-refractivity contribution in [2.45, 2.75) is 17.5 Å². The molecule has 0 spiro atoms. The average Bonchev–Trinajstić information content (AvgIpc) is 3.40. The fraction of sp³-hybridized carbons (Fsp3) is 0.136. The van der Waals surface area contributed by atoms with Gasteiger partial charge in [-0.1, -0.05) is 35.5 Å². The molecule has 4 rings (SSSR count). The predicted octanol–water partition coefficient (Wildman–Crippen LogP) is 4.48. The second-order valence-corrected chi connectivity index (χ2v) is 8.14. The lowest BCUT2D eigenvalue weighted by Gasteiger charge is -2.07. The molecule has 6 nitrogen and oxygen atoms in total. The number of carbonyl (C=O) groups is 1. The second kappa shape index (κ2) is 9.19. The number of amides is 1. The number of aromatic nitrogens is 4. The van der Waals surface area contributed by atoms with Crippen LogP contribution in [0, 0.1) is 0 Å². The van der Waals surface area contributed by atoms with Crippen LogP contribution in [0.2, 0.25) is 5.02 Å². The molecule has 0 atom stereocenters. The van der Waals surface area contributed by atoms with Crippen molar-refractivity contribution in [1.29, 1.82) is 0 Å². The van der Waals surface area contributed by atoms with Crippen molar-refractivity contribution in [2.75, 3.05) is 0 Å². The molecule has 2 aromatic heterocycles. The van der Waals surface area contributed by atoms with E-state index in [-0.39, 0.29) is 5.91 Å². The van der Waals surface area contributed by atoms with Crippen molar-refractivity contribution in [2.24, 2.45) is 7.05 Å². The fourth-order valence-corrected chi connectivity index (χ4v) is 3.91. The van der Waals surface area contributed by atoms with Crippen molar-refractivity contribution in [3.05, 3.63) is 95.0 Å². The summed E-state index contributed by atoms with van der Waals surface area (Å²) in [6.45, 7) is 0.401. The standard InChI is InChI=1S/C22H20ClN5OS/c1-27-10-9-24-22(27)30-15-16-3-2-4-18(11-16)21(29)25-12-17-13-26-28(14-17)20-7-5-19(23)6-8-20/h2-11,13-14H,12,15H2,1H3,(H,25,29). The summed E-state index contributed by atoms with van der Waals surface area (Å²) in [4.78, 5) is 16.9. The largest absolute Gasteiger partial charge is 0.348 e. The number of rotatable bonds is 7. The minimum atomic E-state index is -0.113. The van der Waals surface area contributed by atoms with Crippen LogP contribution in [0.15, 0.2) is 78.5 Å². The highest BCUT2D eigenvalue weighted by molar-refractivity contribution is 7.98. The Hall–Kier alpha value is -3.03. The highest BCUT2D eigenvalue weighted by Crippen LogP contribution is 2.21. The molecule has 0 radical (unpaired) electrons. The molecule has 0 unspecified atom stereocenters. The molecule has 4 aromatic rings. The van der Waals surface area contributed by atoms with Gasteiger partial charge in [0, 0.05) is 54.1 Å². The number of halogens is 1. The Balaban J connectivity index is 1.35. The summed E-state index contributed by atoms with van der Waals surface area (Å²) in [5, 5.41) is 8.93. The first-order valence-corrected chi connectivity index (χ1v) is 10.7. The van der Waals surface area contributed by atoms with Crippen LogP contribution in [-0.2, 0) is 19.3 Å². The molecule has 8 heteroatoms. The minimum Gasteiger partial charge on any atom is -0.348 e. The van der Waals surface area contributed by atoms with Crippen LogP contribution in [0.25, 0.3) is 5.69 Å². The lowest BCUT2D eigenvalue weighted by molar-refractivity contribution is 0.0951. The maximum Gasteiger partial charge on any atom is 0.251 e. The lowest BCUT2D eigenvalue weighted by atomic mass is 10.1. The highest BCUT2D eigenvalue weighted by Gasteiger charge is 2.09. The Morgan fingerprint density at radius 2 is 2.00 bits per heavy atom. The van der Waals surface area contributed by atoms with Gasteiger partial charge in [-0.15, -0.1) is 0 Å². The summed E-state index contributed by atoms with van der Waals surface area (Å²) in [5.41, 5.74) is 3.54. The predicted molar refractivity (Wildman–Crippen MR) is 119 cm³/mol. The zero-order chi connectivity index (χ0) is 20.9. The Kier molecular flexibility index (Phi) is 6.21. The van der Waals surface area contributed by atoms with E-state index in [1.54, 1.807) is 28.8 Å². The first kappa shape index (κ1) is 20.3. The van der Waals surface area contributed by atoms with E-state index in [2.05, 4.69) is 15.4 Å². The third-order valence-electron chi connectivity index (χ3n) is 4.51. The summed E-state index contributed by atoms with van der Waals surface area (Å²) < 4.78 is 3.73. The molecule has 0 aliphatic rings. The number of thioether (sulfide) groups is 1. The Bertz CT molecular complexity index is 1150. The molecule has 30 heavy (non-hydrogen) atoms. The van der Waals surface area contributed by atoms with E-state index in [4.69, 9.17) is 11.6 Å². The van der Waals surface area contributed by atoms with Crippen LogP contribution in [0.1, 0.15) is 21.5 Å². The molecule has 1 N–H and O–H groups in total. The minimum absolute atomic E-state index is 0.113. The molecule has 0 fully saturated rings. The summed E-state index contributed by atoms with van der Waals surface area (Å²) >= 11 is 7.57. The van der Waals surface area contributed by atoms with Crippen molar-refractivity contribution >= 4 is 29.3 Å². The van der Waals surface area contributed by atoms with Crippen LogP contribution in [0.3, 0.4) is 0 Å². The molecule has 0 saturated carbocycles. The van der Waals surface area contributed by atoms with Gasteiger partial charge >= 0.3 is 0 Å². The van der Waals surface area contributed by atoms with Gasteiger partial charge in [0.1, 0.15) is 0 Å². The monoisotopic (exact) mass is 437 g/mol. The van der Waals surface area contributed by atoms with E-state index < -0.39 is 0 Å².